The number of benzene rings is 1. The van der Waals surface area contributed by atoms with E-state index in [1.807, 2.05) is 6.07 Å². The van der Waals surface area contributed by atoms with Gasteiger partial charge in [0.1, 0.15) is 5.75 Å². The van der Waals surface area contributed by atoms with E-state index in [1.165, 1.54) is 0 Å². The first kappa shape index (κ1) is 15.9. The number of halogens is 2. The summed E-state index contributed by atoms with van der Waals surface area (Å²) in [7, 11) is 0. The summed E-state index contributed by atoms with van der Waals surface area (Å²) in [4.78, 5) is 4.26. The Morgan fingerprint density at radius 1 is 1.29 bits per heavy atom. The molecular weight excluding hydrogens is 356 g/mol. The van der Waals surface area contributed by atoms with E-state index in [0.29, 0.717) is 40.7 Å². The number of pyridine rings is 1. The van der Waals surface area contributed by atoms with Crippen LogP contribution in [0.5, 0.6) is 17.5 Å². The van der Waals surface area contributed by atoms with Gasteiger partial charge in [-0.2, -0.15) is 4.98 Å². The highest BCUT2D eigenvalue weighted by Gasteiger charge is 2.09. The first-order valence-electron chi connectivity index (χ1n) is 6.48. The van der Waals surface area contributed by atoms with Crippen LogP contribution in [-0.2, 0) is 0 Å². The number of hydrogen-bond donors (Lipinski definition) is 1. The van der Waals surface area contributed by atoms with Crippen LogP contribution in [0.1, 0.15) is 13.8 Å². The predicted molar refractivity (Wildman–Crippen MR) is 88.2 cm³/mol. The minimum Gasteiger partial charge on any atom is -0.476 e. The van der Waals surface area contributed by atoms with Crippen LogP contribution >= 0.6 is 27.5 Å². The lowest BCUT2D eigenvalue weighted by molar-refractivity contribution is 0.260. The summed E-state index contributed by atoms with van der Waals surface area (Å²) in [5.74, 6) is 1.66. The van der Waals surface area contributed by atoms with Gasteiger partial charge in [0.05, 0.1) is 17.3 Å². The van der Waals surface area contributed by atoms with Gasteiger partial charge < -0.3 is 15.2 Å². The Hall–Kier alpha value is -1.46. The summed E-state index contributed by atoms with van der Waals surface area (Å²) in [5, 5.41) is 0.493. The lowest BCUT2D eigenvalue weighted by atomic mass is 10.2. The van der Waals surface area contributed by atoms with Gasteiger partial charge in [-0.05, 0) is 30.2 Å². The molecule has 0 aliphatic heterocycles. The Labute approximate surface area is 137 Å². The zero-order valence-electron chi connectivity index (χ0n) is 11.8. The quantitative estimate of drug-likeness (QED) is 0.811. The Kier molecular flexibility index (Phi) is 5.31. The molecule has 6 heteroatoms. The molecule has 1 aromatic carbocycles. The molecule has 0 spiro atoms. The molecule has 0 radical (unpaired) electrons. The molecule has 0 aliphatic carbocycles. The van der Waals surface area contributed by atoms with Gasteiger partial charge in [-0.1, -0.05) is 41.4 Å². The second kappa shape index (κ2) is 7.00. The second-order valence-corrected chi connectivity index (χ2v) is 6.25. The van der Waals surface area contributed by atoms with Crippen molar-refractivity contribution in [1.82, 2.24) is 4.98 Å². The molecule has 0 bridgehead atoms. The van der Waals surface area contributed by atoms with Crippen molar-refractivity contribution in [3.05, 3.63) is 39.8 Å². The largest absolute Gasteiger partial charge is 0.476 e. The summed E-state index contributed by atoms with van der Waals surface area (Å²) < 4.78 is 12.1. The molecule has 112 valence electrons. The van der Waals surface area contributed by atoms with Crippen LogP contribution in [0.2, 0.25) is 5.02 Å². The van der Waals surface area contributed by atoms with Gasteiger partial charge in [-0.3, -0.25) is 0 Å². The van der Waals surface area contributed by atoms with E-state index in [2.05, 4.69) is 34.8 Å². The number of ether oxygens (including phenoxy) is 2. The number of nitrogens with zero attached hydrogens (tertiary/aromatic N) is 1. The molecule has 0 saturated carbocycles. The van der Waals surface area contributed by atoms with Gasteiger partial charge in [0.25, 0.3) is 0 Å². The maximum Gasteiger partial charge on any atom is 0.240 e. The minimum absolute atomic E-state index is 0.370. The average Bonchev–Trinajstić information content (AvgIpc) is 2.42. The van der Waals surface area contributed by atoms with Crippen molar-refractivity contribution in [3.63, 3.8) is 0 Å². The highest BCUT2D eigenvalue weighted by atomic mass is 79.9. The summed E-state index contributed by atoms with van der Waals surface area (Å²) in [6, 6.07) is 8.73. The molecular formula is C15H16BrClN2O2. The van der Waals surface area contributed by atoms with Crippen molar-refractivity contribution < 1.29 is 9.47 Å². The standard InChI is InChI=1S/C15H16BrClN2O2/c1-9(2)8-20-15-12(18)4-6-14(19-15)21-13-5-3-10(16)7-11(13)17/h3-7,9H,8,18H2,1-2H3. The van der Waals surface area contributed by atoms with Crippen molar-refractivity contribution in [2.45, 2.75) is 13.8 Å². The molecule has 0 saturated heterocycles. The summed E-state index contributed by atoms with van der Waals surface area (Å²) in [6.07, 6.45) is 0. The number of aromatic nitrogens is 1. The Bertz CT molecular complexity index is 635. The zero-order chi connectivity index (χ0) is 15.4. The topological polar surface area (TPSA) is 57.4 Å². The first-order valence-corrected chi connectivity index (χ1v) is 7.65. The second-order valence-electron chi connectivity index (χ2n) is 4.93. The van der Waals surface area contributed by atoms with E-state index in [0.717, 1.165) is 4.47 Å². The van der Waals surface area contributed by atoms with E-state index in [-0.39, 0.29) is 0 Å². The Morgan fingerprint density at radius 2 is 2.05 bits per heavy atom. The summed E-state index contributed by atoms with van der Waals surface area (Å²) >= 11 is 9.46. The van der Waals surface area contributed by atoms with Crippen LogP contribution in [0, 0.1) is 5.92 Å². The van der Waals surface area contributed by atoms with Gasteiger partial charge in [0.15, 0.2) is 0 Å². The Morgan fingerprint density at radius 3 is 2.71 bits per heavy atom. The van der Waals surface area contributed by atoms with Gasteiger partial charge in [-0.15, -0.1) is 0 Å². The number of anilines is 1. The van der Waals surface area contributed by atoms with Crippen LogP contribution in [0.3, 0.4) is 0 Å². The van der Waals surface area contributed by atoms with Gasteiger partial charge in [-0.25, -0.2) is 0 Å². The van der Waals surface area contributed by atoms with E-state index in [4.69, 9.17) is 26.8 Å². The van der Waals surface area contributed by atoms with Gasteiger partial charge in [0.2, 0.25) is 11.8 Å². The monoisotopic (exact) mass is 370 g/mol. The molecule has 2 aromatic rings. The van der Waals surface area contributed by atoms with Crippen molar-refractivity contribution in [1.29, 1.82) is 0 Å². The smallest absolute Gasteiger partial charge is 0.240 e. The molecule has 1 heterocycles. The lowest BCUT2D eigenvalue weighted by Crippen LogP contribution is -2.07. The van der Waals surface area contributed by atoms with Gasteiger partial charge >= 0.3 is 0 Å². The number of hydrogen-bond acceptors (Lipinski definition) is 4. The third kappa shape index (κ3) is 4.51. The molecule has 0 fully saturated rings. The van der Waals surface area contributed by atoms with Gasteiger partial charge in [0, 0.05) is 10.5 Å². The molecule has 2 N–H and O–H groups in total. The molecule has 4 nitrogen and oxygen atoms in total. The fourth-order valence-corrected chi connectivity index (χ4v) is 2.23. The third-order valence-electron chi connectivity index (χ3n) is 2.53. The van der Waals surface area contributed by atoms with Crippen LogP contribution in [-0.4, -0.2) is 11.6 Å². The molecule has 21 heavy (non-hydrogen) atoms. The fourth-order valence-electron chi connectivity index (χ4n) is 1.52. The zero-order valence-corrected chi connectivity index (χ0v) is 14.1. The highest BCUT2D eigenvalue weighted by molar-refractivity contribution is 9.10. The third-order valence-corrected chi connectivity index (χ3v) is 3.31. The summed E-state index contributed by atoms with van der Waals surface area (Å²) in [6.45, 7) is 4.65. The van der Waals surface area contributed by atoms with E-state index in [1.54, 1.807) is 24.3 Å². The number of rotatable bonds is 5. The van der Waals surface area contributed by atoms with E-state index < -0.39 is 0 Å². The van der Waals surface area contributed by atoms with E-state index in [9.17, 15) is 0 Å². The lowest BCUT2D eigenvalue weighted by Gasteiger charge is -2.12. The van der Waals surface area contributed by atoms with Crippen LogP contribution in [0.4, 0.5) is 5.69 Å². The van der Waals surface area contributed by atoms with Crippen molar-refractivity contribution in [2.75, 3.05) is 12.3 Å². The molecule has 0 amide bonds. The van der Waals surface area contributed by atoms with Crippen LogP contribution in [0.15, 0.2) is 34.8 Å². The molecule has 0 atom stereocenters. The first-order chi connectivity index (χ1) is 9.95. The maximum absolute atomic E-state index is 6.11. The van der Waals surface area contributed by atoms with Crippen LogP contribution in [0.25, 0.3) is 0 Å². The minimum atomic E-state index is 0.370. The molecule has 2 rings (SSSR count). The normalized spacial score (nSPS) is 10.7. The SMILES string of the molecule is CC(C)COc1nc(Oc2ccc(Br)cc2Cl)ccc1N. The van der Waals surface area contributed by atoms with E-state index >= 15 is 0 Å². The molecule has 1 aromatic heterocycles. The Balaban J connectivity index is 2.18. The maximum atomic E-state index is 6.11. The van der Waals surface area contributed by atoms with Crippen molar-refractivity contribution in [2.24, 2.45) is 5.92 Å². The molecule has 0 aliphatic rings. The van der Waals surface area contributed by atoms with Crippen LogP contribution < -0.4 is 15.2 Å². The molecule has 0 unspecified atom stereocenters. The highest BCUT2D eigenvalue weighted by Crippen LogP contribution is 2.32. The number of nitrogens with two attached hydrogens (primary N) is 1. The fraction of sp³-hybridized carbons (Fsp3) is 0.267. The predicted octanol–water partition coefficient (Wildman–Crippen LogP) is 4.91. The summed E-state index contributed by atoms with van der Waals surface area (Å²) in [5.41, 5.74) is 6.32. The average molecular weight is 372 g/mol. The number of nitrogen functional groups attached to an aromatic ring is 1. The van der Waals surface area contributed by atoms with Crippen molar-refractivity contribution in [3.8, 4) is 17.5 Å². The van der Waals surface area contributed by atoms with Crippen molar-refractivity contribution >= 4 is 33.2 Å².